The molecule has 0 spiro atoms. The van der Waals surface area contributed by atoms with E-state index in [2.05, 4.69) is 25.9 Å². The molecular weight excluding hydrogens is 524 g/mol. The highest BCUT2D eigenvalue weighted by Gasteiger charge is 2.30. The van der Waals surface area contributed by atoms with E-state index in [0.717, 1.165) is 44.5 Å². The number of likely N-dealkylation sites (tertiary alicyclic amines) is 2. The summed E-state index contributed by atoms with van der Waals surface area (Å²) in [4.78, 5) is 65.3. The Hall–Kier alpha value is -4.48. The third-order valence-electron chi connectivity index (χ3n) is 7.12. The van der Waals surface area contributed by atoms with Gasteiger partial charge in [-0.1, -0.05) is 6.07 Å². The number of amides is 4. The molecule has 41 heavy (non-hydrogen) atoms. The van der Waals surface area contributed by atoms with Crippen LogP contribution in [0.15, 0.2) is 47.6 Å². The van der Waals surface area contributed by atoms with E-state index in [1.165, 1.54) is 23.2 Å². The summed E-state index contributed by atoms with van der Waals surface area (Å²) in [5.74, 6) is -0.951. The van der Waals surface area contributed by atoms with Crippen LogP contribution in [0.5, 0.6) is 0 Å². The topological polar surface area (TPSA) is 139 Å². The monoisotopic (exact) mass is 562 g/mol. The van der Waals surface area contributed by atoms with E-state index < -0.39 is 11.9 Å². The molecule has 2 aromatic rings. The van der Waals surface area contributed by atoms with Crippen molar-refractivity contribution in [1.82, 2.24) is 25.0 Å². The molecule has 0 aliphatic carbocycles. The standard InChI is InChI=1S/C29H38N8O4/c1-30-21-9-8-10-22(17-21)32-29(34-26(39)20-12-13-23(31-18-20)27(40)35(2)3)33-24-11-4-5-16-37(28(24)41)19-25(38)36-14-6-7-15-36/h8-10,12-13,17-18,24,30H,4-7,11,14-16,19H2,1-3H3,(H2,32,33,34,39). The average Bonchev–Trinajstić information content (AvgIpc) is 3.47. The first-order valence-electron chi connectivity index (χ1n) is 13.9. The van der Waals surface area contributed by atoms with Crippen LogP contribution in [0.2, 0.25) is 0 Å². The van der Waals surface area contributed by atoms with Gasteiger partial charge in [0, 0.05) is 58.3 Å². The van der Waals surface area contributed by atoms with Crippen LogP contribution >= 0.6 is 0 Å². The molecule has 3 heterocycles. The minimum absolute atomic E-state index is 0.0356. The number of anilines is 2. The second-order valence-corrected chi connectivity index (χ2v) is 10.4. The Kier molecular flexibility index (Phi) is 9.88. The molecule has 1 aromatic carbocycles. The van der Waals surface area contributed by atoms with Crippen LogP contribution in [0.4, 0.5) is 11.4 Å². The second-order valence-electron chi connectivity index (χ2n) is 10.4. The van der Waals surface area contributed by atoms with Gasteiger partial charge >= 0.3 is 0 Å². The zero-order valence-electron chi connectivity index (χ0n) is 23.9. The van der Waals surface area contributed by atoms with Crippen LogP contribution in [0.3, 0.4) is 0 Å². The first kappa shape index (κ1) is 29.5. The third kappa shape index (κ3) is 7.80. The maximum Gasteiger partial charge on any atom is 0.271 e. The number of nitrogens with one attached hydrogen (secondary N) is 3. The predicted molar refractivity (Wildman–Crippen MR) is 157 cm³/mol. The predicted octanol–water partition coefficient (Wildman–Crippen LogP) is 2.03. The molecule has 1 atom stereocenters. The lowest BCUT2D eigenvalue weighted by Crippen LogP contribution is -2.45. The number of aromatic nitrogens is 1. The highest BCUT2D eigenvalue weighted by Crippen LogP contribution is 2.18. The van der Waals surface area contributed by atoms with E-state index in [1.54, 1.807) is 26.0 Å². The van der Waals surface area contributed by atoms with Crippen molar-refractivity contribution in [1.29, 1.82) is 0 Å². The molecule has 3 N–H and O–H groups in total. The molecule has 2 aliphatic rings. The minimum Gasteiger partial charge on any atom is -0.388 e. The first-order chi connectivity index (χ1) is 19.7. The molecule has 2 aliphatic heterocycles. The molecule has 12 heteroatoms. The molecule has 12 nitrogen and oxygen atoms in total. The van der Waals surface area contributed by atoms with Crippen LogP contribution in [-0.4, -0.2) is 103 Å². The molecular formula is C29H38N8O4. The Labute approximate surface area is 240 Å². The highest BCUT2D eigenvalue weighted by atomic mass is 16.2. The molecule has 1 unspecified atom stereocenters. The van der Waals surface area contributed by atoms with E-state index in [1.807, 2.05) is 29.2 Å². The number of nitrogens with zero attached hydrogens (tertiary/aromatic N) is 5. The van der Waals surface area contributed by atoms with Crippen molar-refractivity contribution in [3.05, 3.63) is 53.9 Å². The number of guanidine groups is 1. The van der Waals surface area contributed by atoms with Gasteiger partial charge < -0.3 is 25.3 Å². The summed E-state index contributed by atoms with van der Waals surface area (Å²) in [5.41, 5.74) is 1.95. The van der Waals surface area contributed by atoms with Crippen molar-refractivity contribution in [3.63, 3.8) is 0 Å². The Morgan fingerprint density at radius 3 is 2.44 bits per heavy atom. The van der Waals surface area contributed by atoms with E-state index >= 15 is 0 Å². The van der Waals surface area contributed by atoms with Gasteiger partial charge in [-0.05, 0) is 62.4 Å². The summed E-state index contributed by atoms with van der Waals surface area (Å²) >= 11 is 0. The maximum atomic E-state index is 13.5. The summed E-state index contributed by atoms with van der Waals surface area (Å²) in [5, 5.41) is 8.99. The molecule has 2 saturated heterocycles. The number of hydrogen-bond donors (Lipinski definition) is 3. The SMILES string of the molecule is CNc1cccc(NC(=NC2CCCCN(CC(=O)N3CCCC3)C2=O)NC(=O)c2ccc(C(=O)N(C)C)nc2)c1. The molecule has 1 aromatic heterocycles. The number of pyridine rings is 1. The summed E-state index contributed by atoms with van der Waals surface area (Å²) in [6, 6.07) is 9.65. The van der Waals surface area contributed by atoms with E-state index in [4.69, 9.17) is 0 Å². The third-order valence-corrected chi connectivity index (χ3v) is 7.12. The van der Waals surface area contributed by atoms with Crippen molar-refractivity contribution in [2.24, 2.45) is 4.99 Å². The Balaban J connectivity index is 1.56. The van der Waals surface area contributed by atoms with Crippen LogP contribution in [0, 0.1) is 0 Å². The van der Waals surface area contributed by atoms with Crippen molar-refractivity contribution in [3.8, 4) is 0 Å². The largest absolute Gasteiger partial charge is 0.388 e. The Morgan fingerprint density at radius 2 is 1.76 bits per heavy atom. The summed E-state index contributed by atoms with van der Waals surface area (Å²) < 4.78 is 0. The van der Waals surface area contributed by atoms with Crippen molar-refractivity contribution < 1.29 is 19.2 Å². The summed E-state index contributed by atoms with van der Waals surface area (Å²) in [7, 11) is 5.05. The van der Waals surface area contributed by atoms with Gasteiger partial charge in [0.2, 0.25) is 17.8 Å². The Morgan fingerprint density at radius 1 is 1.02 bits per heavy atom. The number of hydrogen-bond acceptors (Lipinski definition) is 7. The molecule has 0 bridgehead atoms. The summed E-state index contributed by atoms with van der Waals surface area (Å²) in [6.07, 6.45) is 5.33. The highest BCUT2D eigenvalue weighted by molar-refractivity contribution is 6.10. The average molecular weight is 563 g/mol. The van der Waals surface area contributed by atoms with Crippen molar-refractivity contribution in [2.75, 3.05) is 58.0 Å². The lowest BCUT2D eigenvalue weighted by atomic mass is 10.1. The first-order valence-corrected chi connectivity index (χ1v) is 13.9. The van der Waals surface area contributed by atoms with Gasteiger partial charge in [-0.15, -0.1) is 0 Å². The van der Waals surface area contributed by atoms with Gasteiger partial charge in [0.05, 0.1) is 12.1 Å². The van der Waals surface area contributed by atoms with Gasteiger partial charge in [-0.3, -0.25) is 29.5 Å². The molecule has 2 fully saturated rings. The van der Waals surface area contributed by atoms with Crippen LogP contribution in [-0.2, 0) is 9.59 Å². The number of carbonyl (C=O) groups is 4. The van der Waals surface area contributed by atoms with Crippen LogP contribution in [0.1, 0.15) is 53.0 Å². The van der Waals surface area contributed by atoms with Gasteiger partial charge in [0.1, 0.15) is 11.7 Å². The molecule has 4 amide bonds. The zero-order chi connectivity index (χ0) is 29.4. The fourth-order valence-corrected chi connectivity index (χ4v) is 4.80. The summed E-state index contributed by atoms with van der Waals surface area (Å²) in [6.45, 7) is 1.99. The number of benzene rings is 1. The van der Waals surface area contributed by atoms with Crippen molar-refractivity contribution in [2.45, 2.75) is 38.1 Å². The van der Waals surface area contributed by atoms with Gasteiger partial charge in [0.15, 0.2) is 0 Å². The minimum atomic E-state index is -0.766. The van der Waals surface area contributed by atoms with E-state index in [9.17, 15) is 19.2 Å². The van der Waals surface area contributed by atoms with Crippen LogP contribution < -0.4 is 16.0 Å². The van der Waals surface area contributed by atoms with Crippen molar-refractivity contribution >= 4 is 41.0 Å². The number of aliphatic imine (C=N–C) groups is 1. The quantitative estimate of drug-likeness (QED) is 0.347. The number of rotatable bonds is 7. The van der Waals surface area contributed by atoms with Gasteiger partial charge in [0.25, 0.3) is 11.8 Å². The lowest BCUT2D eigenvalue weighted by molar-refractivity contribution is -0.140. The van der Waals surface area contributed by atoms with Gasteiger partial charge in [-0.25, -0.2) is 4.99 Å². The normalized spacial score (nSPS) is 17.6. The molecule has 218 valence electrons. The van der Waals surface area contributed by atoms with Gasteiger partial charge in [-0.2, -0.15) is 0 Å². The smallest absolute Gasteiger partial charge is 0.271 e. The van der Waals surface area contributed by atoms with Crippen LogP contribution in [0.25, 0.3) is 0 Å². The van der Waals surface area contributed by atoms with E-state index in [-0.39, 0.29) is 41.5 Å². The maximum absolute atomic E-state index is 13.5. The second kappa shape index (κ2) is 13.7. The zero-order valence-corrected chi connectivity index (χ0v) is 23.9. The van der Waals surface area contributed by atoms with E-state index in [0.29, 0.717) is 18.7 Å². The fourth-order valence-electron chi connectivity index (χ4n) is 4.80. The fraction of sp³-hybridized carbons (Fsp3) is 0.448. The number of carbonyl (C=O) groups excluding carboxylic acids is 4. The lowest BCUT2D eigenvalue weighted by Gasteiger charge is -2.25. The molecule has 0 radical (unpaired) electrons. The molecule has 4 rings (SSSR count). The Bertz CT molecular complexity index is 1290. The molecule has 0 saturated carbocycles.